The molecule has 0 aromatic heterocycles. The van der Waals surface area contributed by atoms with E-state index in [0.717, 1.165) is 79.1 Å². The molecule has 0 aliphatic heterocycles. The number of unbranched alkanes of at least 4 members (excludes halogenated alkanes) is 48. The number of hydrogen-bond donors (Lipinski definition) is 8. The molecule has 0 aliphatic carbocycles. The third-order valence-corrected chi connectivity index (χ3v) is 14.0. The van der Waals surface area contributed by atoms with Gasteiger partial charge in [0.15, 0.2) is 0 Å². The predicted octanol–water partition coefficient (Wildman–Crippen LogP) is 22.6. The molecule has 0 aromatic rings. The van der Waals surface area contributed by atoms with Crippen LogP contribution in [0.5, 0.6) is 0 Å². The summed E-state index contributed by atoms with van der Waals surface area (Å²) in [6.45, 7) is 13.4. The first-order valence-corrected chi connectivity index (χ1v) is 35.7. The molecular formula is C72H144O16. The molecule has 88 heavy (non-hydrogen) atoms. The van der Waals surface area contributed by atoms with Gasteiger partial charge in [-0.05, 0) is 25.7 Å². The van der Waals surface area contributed by atoms with Crippen molar-refractivity contribution in [1.82, 2.24) is 0 Å². The van der Waals surface area contributed by atoms with E-state index in [1.54, 1.807) is 0 Å². The molecule has 0 saturated carbocycles. The van der Waals surface area contributed by atoms with Gasteiger partial charge in [-0.15, -0.1) is 0 Å². The Hall–Kier alpha value is -4.24. The molecule has 0 unspecified atom stereocenters. The number of carboxylic acid groups (broad SMARTS) is 8. The first kappa shape index (κ1) is 100.0. The first-order valence-electron chi connectivity index (χ1n) is 35.7. The molecule has 0 radical (unpaired) electrons. The summed E-state index contributed by atoms with van der Waals surface area (Å²) >= 11 is 0. The minimum atomic E-state index is -0.833. The molecule has 0 rings (SSSR count). The van der Waals surface area contributed by atoms with Crippen LogP contribution in [0.25, 0.3) is 0 Å². The molecule has 528 valence electrons. The van der Waals surface area contributed by atoms with Crippen molar-refractivity contribution in [2.24, 2.45) is 0 Å². The van der Waals surface area contributed by atoms with Gasteiger partial charge in [-0.3, -0.25) is 38.4 Å². The number of rotatable bonds is 56. The zero-order valence-corrected chi connectivity index (χ0v) is 58.4. The second-order valence-corrected chi connectivity index (χ2v) is 23.6. The lowest BCUT2D eigenvalue weighted by Gasteiger charge is -2.02. The maximum Gasteiger partial charge on any atom is 0.303 e. The molecule has 0 saturated heterocycles. The van der Waals surface area contributed by atoms with Crippen molar-refractivity contribution in [2.45, 2.75) is 415 Å². The van der Waals surface area contributed by atoms with Crippen molar-refractivity contribution >= 4 is 47.8 Å². The van der Waals surface area contributed by atoms with Gasteiger partial charge in [0, 0.05) is 53.4 Å². The molecule has 16 nitrogen and oxygen atoms in total. The molecule has 8 N–H and O–H groups in total. The number of aliphatic carboxylic acids is 8. The fourth-order valence-corrected chi connectivity index (χ4v) is 9.18. The van der Waals surface area contributed by atoms with Gasteiger partial charge >= 0.3 is 23.9 Å². The molecule has 0 fully saturated rings. The lowest BCUT2D eigenvalue weighted by Crippen LogP contribution is -1.93. The lowest BCUT2D eigenvalue weighted by molar-refractivity contribution is -0.138. The van der Waals surface area contributed by atoms with Gasteiger partial charge in [0.1, 0.15) is 0 Å². The number of carbonyl (C=O) groups is 8. The van der Waals surface area contributed by atoms with Crippen LogP contribution in [0.3, 0.4) is 0 Å². The van der Waals surface area contributed by atoms with E-state index in [1.165, 1.54) is 283 Å². The third kappa shape index (κ3) is 172. The van der Waals surface area contributed by atoms with Crippen LogP contribution in [0, 0.1) is 0 Å². The fraction of sp³-hybridized carbons (Fsp3) is 0.889. The Labute approximate surface area is 539 Å². The highest BCUT2D eigenvalue weighted by Crippen LogP contribution is 2.17. The van der Waals surface area contributed by atoms with E-state index in [9.17, 15) is 19.2 Å². The van der Waals surface area contributed by atoms with Crippen LogP contribution in [-0.2, 0) is 38.4 Å². The first-order chi connectivity index (χ1) is 42.0. The quantitative estimate of drug-likeness (QED) is 0.0263. The van der Waals surface area contributed by atoms with Crippen LogP contribution >= 0.6 is 0 Å². The van der Waals surface area contributed by atoms with E-state index in [2.05, 4.69) is 27.7 Å². The Bertz CT molecular complexity index is 1200. The normalized spacial score (nSPS) is 9.91. The van der Waals surface area contributed by atoms with Crippen LogP contribution in [0.2, 0.25) is 0 Å². The van der Waals surface area contributed by atoms with Crippen LogP contribution in [0.15, 0.2) is 0 Å². The molecule has 0 spiro atoms. The largest absolute Gasteiger partial charge is 0.481 e. The van der Waals surface area contributed by atoms with Crippen molar-refractivity contribution in [3.63, 3.8) is 0 Å². The van der Waals surface area contributed by atoms with E-state index in [0.29, 0.717) is 25.7 Å². The maximum atomic E-state index is 10.3. The van der Waals surface area contributed by atoms with E-state index < -0.39 is 47.8 Å². The highest BCUT2D eigenvalue weighted by molar-refractivity contribution is 5.67. The van der Waals surface area contributed by atoms with Gasteiger partial charge in [-0.25, -0.2) is 0 Å². The average Bonchev–Trinajstić information content (AvgIpc) is 3.43. The monoisotopic (exact) mass is 1270 g/mol. The highest BCUT2D eigenvalue weighted by atomic mass is 16.4. The molecule has 0 atom stereocenters. The summed E-state index contributed by atoms with van der Waals surface area (Å²) in [4.78, 5) is 77.2. The predicted molar refractivity (Wildman–Crippen MR) is 365 cm³/mol. The van der Waals surface area contributed by atoms with Gasteiger partial charge in [0.2, 0.25) is 0 Å². The minimum absolute atomic E-state index is 0.345. The van der Waals surface area contributed by atoms with Gasteiger partial charge in [0.05, 0.1) is 0 Å². The SMILES string of the molecule is CC(=O)O.CC(=O)O.CC(=O)O.CC(=O)O.CCCCCCCCCCCCCCCC(=O)O.CCCCCCCCCCCCCCCC(=O)O.CCCCCCCCCCCCCCCC(=O)O.CCCCCCCCCCCCCCCC(=O)O. The van der Waals surface area contributed by atoms with E-state index in [-0.39, 0.29) is 0 Å². The van der Waals surface area contributed by atoms with Crippen molar-refractivity contribution < 1.29 is 79.2 Å². The fourth-order valence-electron chi connectivity index (χ4n) is 9.18. The topological polar surface area (TPSA) is 298 Å². The van der Waals surface area contributed by atoms with Gasteiger partial charge < -0.3 is 40.9 Å². The molecule has 0 aliphatic rings. The van der Waals surface area contributed by atoms with Crippen molar-refractivity contribution in [2.75, 3.05) is 0 Å². The van der Waals surface area contributed by atoms with E-state index >= 15 is 0 Å². The zero-order valence-electron chi connectivity index (χ0n) is 58.4. The number of carboxylic acids is 8. The van der Waals surface area contributed by atoms with E-state index in [4.69, 9.17) is 60.0 Å². The molecule has 0 heterocycles. The standard InChI is InChI=1S/4C16H32O2.4C2H4O2/c4*1-2-3-4-5-6-7-8-9-10-11-12-13-14-15-16(17)18;4*1-2(3)4/h4*2-15H2,1H3,(H,17,18);4*1H3,(H,3,4). The summed E-state index contributed by atoms with van der Waals surface area (Å²) in [5.74, 6) is -5.95. The Morgan fingerprint density at radius 1 is 0.159 bits per heavy atom. The Morgan fingerprint density at radius 2 is 0.227 bits per heavy atom. The Balaban J connectivity index is -0.000000149. The summed E-state index contributed by atoms with van der Waals surface area (Å²) in [6, 6.07) is 0. The van der Waals surface area contributed by atoms with Crippen LogP contribution in [-0.4, -0.2) is 88.6 Å². The smallest absolute Gasteiger partial charge is 0.303 e. The molecule has 0 aromatic carbocycles. The van der Waals surface area contributed by atoms with Crippen LogP contribution < -0.4 is 0 Å². The van der Waals surface area contributed by atoms with Crippen molar-refractivity contribution in [3.05, 3.63) is 0 Å². The maximum absolute atomic E-state index is 10.3. The molecule has 0 amide bonds. The Morgan fingerprint density at radius 3 is 0.295 bits per heavy atom. The lowest BCUT2D eigenvalue weighted by atomic mass is 10.0. The summed E-state index contributed by atoms with van der Waals surface area (Å²) in [6.07, 6.45) is 69.1. The minimum Gasteiger partial charge on any atom is -0.481 e. The highest BCUT2D eigenvalue weighted by Gasteiger charge is 2.01. The molecule has 16 heteroatoms. The Kier molecular flexibility index (Phi) is 109. The summed E-state index contributed by atoms with van der Waals surface area (Å²) in [7, 11) is 0. The summed E-state index contributed by atoms with van der Waals surface area (Å²) < 4.78 is 0. The second kappa shape index (κ2) is 96.4. The summed E-state index contributed by atoms with van der Waals surface area (Å²) in [5.41, 5.74) is 0. The van der Waals surface area contributed by atoms with Crippen molar-refractivity contribution in [1.29, 1.82) is 0 Å². The second-order valence-electron chi connectivity index (χ2n) is 23.6. The van der Waals surface area contributed by atoms with Crippen LogP contribution in [0.1, 0.15) is 415 Å². The molecular weight excluding hydrogens is 1120 g/mol. The zero-order chi connectivity index (χ0) is 68.2. The van der Waals surface area contributed by atoms with Gasteiger partial charge in [0.25, 0.3) is 23.9 Å². The summed E-state index contributed by atoms with van der Waals surface area (Å²) in [5, 5.41) is 63.6. The molecule has 0 bridgehead atoms. The van der Waals surface area contributed by atoms with Crippen molar-refractivity contribution in [3.8, 4) is 0 Å². The third-order valence-electron chi connectivity index (χ3n) is 14.0. The average molecular weight is 1270 g/mol. The van der Waals surface area contributed by atoms with E-state index in [1.807, 2.05) is 0 Å². The number of hydrogen-bond acceptors (Lipinski definition) is 8. The van der Waals surface area contributed by atoms with Crippen LogP contribution in [0.4, 0.5) is 0 Å². The van der Waals surface area contributed by atoms with Gasteiger partial charge in [-0.1, -0.05) is 336 Å². The van der Waals surface area contributed by atoms with Gasteiger partial charge in [-0.2, -0.15) is 0 Å².